The Hall–Kier alpha value is -2.81. The summed E-state index contributed by atoms with van der Waals surface area (Å²) in [4.78, 5) is 21.9. The van der Waals surface area contributed by atoms with Crippen LogP contribution in [0.5, 0.6) is 0 Å². The molecule has 5 heterocycles. The van der Waals surface area contributed by atoms with Crippen LogP contribution in [-0.4, -0.2) is 61.9 Å². The van der Waals surface area contributed by atoms with Crippen LogP contribution in [0.4, 0.5) is 11.9 Å². The van der Waals surface area contributed by atoms with Gasteiger partial charge < -0.3 is 15.0 Å². The van der Waals surface area contributed by atoms with E-state index in [2.05, 4.69) is 10.2 Å². The first-order chi connectivity index (χ1) is 15.7. The van der Waals surface area contributed by atoms with E-state index in [1.807, 2.05) is 17.5 Å². The minimum atomic E-state index is 0.228. The number of rotatable bonds is 4. The largest absolute Gasteiger partial charge is 0.379 e. The van der Waals surface area contributed by atoms with Crippen LogP contribution in [-0.2, 0) is 17.6 Å². The van der Waals surface area contributed by atoms with Gasteiger partial charge in [0.25, 0.3) is 0 Å². The van der Waals surface area contributed by atoms with E-state index in [4.69, 9.17) is 29.8 Å². The van der Waals surface area contributed by atoms with Crippen LogP contribution in [0.25, 0.3) is 17.0 Å². The SMILES string of the molecule is Cc1nc2c(nc1-c1cc3nc(N4CCCC4)nc(N[C@H]4CCCOC4)n3n1)CCCC2. The highest BCUT2D eigenvalue weighted by Crippen LogP contribution is 2.27. The quantitative estimate of drug-likeness (QED) is 0.670. The van der Waals surface area contributed by atoms with Gasteiger partial charge in [0.1, 0.15) is 11.4 Å². The molecule has 0 unspecified atom stereocenters. The first kappa shape index (κ1) is 19.8. The Bertz CT molecular complexity index is 1130. The van der Waals surface area contributed by atoms with Crippen LogP contribution in [0, 0.1) is 6.92 Å². The van der Waals surface area contributed by atoms with E-state index in [1.165, 1.54) is 25.7 Å². The van der Waals surface area contributed by atoms with E-state index in [0.717, 1.165) is 91.4 Å². The second-order valence-electron chi connectivity index (χ2n) is 9.16. The molecule has 3 aromatic rings. The number of nitrogens with zero attached hydrogens (tertiary/aromatic N) is 7. The van der Waals surface area contributed by atoms with Crippen molar-refractivity contribution >= 4 is 17.5 Å². The van der Waals surface area contributed by atoms with Gasteiger partial charge in [0, 0.05) is 25.8 Å². The molecule has 1 N–H and O–H groups in total. The zero-order valence-corrected chi connectivity index (χ0v) is 18.7. The minimum Gasteiger partial charge on any atom is -0.379 e. The molecule has 168 valence electrons. The summed E-state index contributed by atoms with van der Waals surface area (Å²) in [7, 11) is 0. The lowest BCUT2D eigenvalue weighted by Crippen LogP contribution is -2.32. The summed E-state index contributed by atoms with van der Waals surface area (Å²) in [6, 6.07) is 2.25. The second kappa shape index (κ2) is 8.27. The minimum absolute atomic E-state index is 0.228. The Kier molecular flexibility index (Phi) is 5.13. The number of nitrogens with one attached hydrogen (secondary N) is 1. The highest BCUT2D eigenvalue weighted by molar-refractivity contribution is 5.65. The highest BCUT2D eigenvalue weighted by atomic mass is 16.5. The van der Waals surface area contributed by atoms with Crippen molar-refractivity contribution in [3.05, 3.63) is 23.1 Å². The third-order valence-electron chi connectivity index (χ3n) is 6.74. The third-order valence-corrected chi connectivity index (χ3v) is 6.74. The topological polar surface area (TPSA) is 93.4 Å². The van der Waals surface area contributed by atoms with Crippen LogP contribution in [0.3, 0.4) is 0 Å². The molecule has 0 bridgehead atoms. The molecular formula is C23H30N8O. The van der Waals surface area contributed by atoms with E-state index in [9.17, 15) is 0 Å². The van der Waals surface area contributed by atoms with Gasteiger partial charge in [-0.2, -0.15) is 19.6 Å². The average molecular weight is 435 g/mol. The first-order valence-corrected chi connectivity index (χ1v) is 12.0. The van der Waals surface area contributed by atoms with E-state index in [1.54, 1.807) is 0 Å². The molecule has 3 aliphatic rings. The summed E-state index contributed by atoms with van der Waals surface area (Å²) in [5.74, 6) is 1.50. The van der Waals surface area contributed by atoms with Crippen molar-refractivity contribution in [3.8, 4) is 11.4 Å². The molecule has 1 aliphatic carbocycles. The predicted octanol–water partition coefficient (Wildman–Crippen LogP) is 2.96. The molecule has 1 atom stereocenters. The predicted molar refractivity (Wildman–Crippen MR) is 122 cm³/mol. The van der Waals surface area contributed by atoms with E-state index >= 15 is 0 Å². The Morgan fingerprint density at radius 1 is 0.969 bits per heavy atom. The molecule has 3 aromatic heterocycles. The monoisotopic (exact) mass is 434 g/mol. The second-order valence-corrected chi connectivity index (χ2v) is 9.16. The van der Waals surface area contributed by atoms with E-state index < -0.39 is 0 Å². The molecule has 9 heteroatoms. The highest BCUT2D eigenvalue weighted by Gasteiger charge is 2.23. The molecule has 0 aromatic carbocycles. The van der Waals surface area contributed by atoms with Crippen LogP contribution in [0.2, 0.25) is 0 Å². The van der Waals surface area contributed by atoms with Crippen molar-refractivity contribution in [1.29, 1.82) is 0 Å². The maximum atomic E-state index is 5.68. The van der Waals surface area contributed by atoms with Crippen molar-refractivity contribution in [3.63, 3.8) is 0 Å². The zero-order chi connectivity index (χ0) is 21.5. The Morgan fingerprint density at radius 2 is 1.78 bits per heavy atom. The molecule has 32 heavy (non-hydrogen) atoms. The third kappa shape index (κ3) is 3.68. The number of anilines is 2. The van der Waals surface area contributed by atoms with Gasteiger partial charge in [-0.3, -0.25) is 4.98 Å². The molecule has 2 fully saturated rings. The maximum absolute atomic E-state index is 5.68. The van der Waals surface area contributed by atoms with E-state index in [-0.39, 0.29) is 6.04 Å². The lowest BCUT2D eigenvalue weighted by Gasteiger charge is -2.24. The Balaban J connectivity index is 1.43. The van der Waals surface area contributed by atoms with Crippen LogP contribution < -0.4 is 10.2 Å². The Morgan fingerprint density at radius 3 is 2.56 bits per heavy atom. The molecule has 9 nitrogen and oxygen atoms in total. The summed E-state index contributed by atoms with van der Waals surface area (Å²) in [5, 5.41) is 8.47. The summed E-state index contributed by atoms with van der Waals surface area (Å²) in [6.07, 6.45) is 8.88. The number of fused-ring (bicyclic) bond motifs is 2. The zero-order valence-electron chi connectivity index (χ0n) is 18.7. The van der Waals surface area contributed by atoms with Crippen molar-refractivity contribution in [2.45, 2.75) is 64.3 Å². The van der Waals surface area contributed by atoms with Gasteiger partial charge in [-0.1, -0.05) is 0 Å². The summed E-state index contributed by atoms with van der Waals surface area (Å²) in [5.41, 5.74) is 5.64. The number of aromatic nitrogens is 6. The lowest BCUT2D eigenvalue weighted by atomic mass is 10.00. The number of hydrogen-bond donors (Lipinski definition) is 1. The number of aryl methyl sites for hydroxylation is 3. The van der Waals surface area contributed by atoms with Gasteiger partial charge in [0.05, 0.1) is 29.7 Å². The molecule has 0 saturated carbocycles. The molecular weight excluding hydrogens is 404 g/mol. The summed E-state index contributed by atoms with van der Waals surface area (Å²) in [6.45, 7) is 5.55. The molecule has 2 saturated heterocycles. The van der Waals surface area contributed by atoms with Gasteiger partial charge in [0.15, 0.2) is 5.65 Å². The average Bonchev–Trinajstić information content (AvgIpc) is 3.49. The van der Waals surface area contributed by atoms with Gasteiger partial charge >= 0.3 is 0 Å². The lowest BCUT2D eigenvalue weighted by molar-refractivity contribution is 0.0873. The van der Waals surface area contributed by atoms with Crippen LogP contribution >= 0.6 is 0 Å². The standard InChI is InChI=1S/C23H30N8O/c1-15-21(26-18-9-3-2-8-17(18)24-15)19-13-20-27-22(30-10-4-5-11-30)28-23(31(20)29-19)25-16-7-6-12-32-14-16/h13,16H,2-12,14H2,1H3,(H,25,27,28)/t16-/m0/s1. The first-order valence-electron chi connectivity index (χ1n) is 12.0. The van der Waals surface area contributed by atoms with Gasteiger partial charge in [-0.15, -0.1) is 0 Å². The molecule has 2 aliphatic heterocycles. The molecule has 0 amide bonds. The normalized spacial score (nSPS) is 21.2. The number of hydrogen-bond acceptors (Lipinski definition) is 8. The fourth-order valence-electron chi connectivity index (χ4n) is 5.01. The molecule has 0 spiro atoms. The number of ether oxygens (including phenoxy) is 1. The summed E-state index contributed by atoms with van der Waals surface area (Å²) < 4.78 is 7.50. The van der Waals surface area contributed by atoms with Crippen LogP contribution in [0.1, 0.15) is 55.6 Å². The fourth-order valence-corrected chi connectivity index (χ4v) is 5.01. The summed E-state index contributed by atoms with van der Waals surface area (Å²) >= 11 is 0. The van der Waals surface area contributed by atoms with Crippen molar-refractivity contribution in [1.82, 2.24) is 29.5 Å². The van der Waals surface area contributed by atoms with Gasteiger partial charge in [-0.05, 0) is 58.3 Å². The van der Waals surface area contributed by atoms with Gasteiger partial charge in [0.2, 0.25) is 11.9 Å². The molecule has 6 rings (SSSR count). The fraction of sp³-hybridized carbons (Fsp3) is 0.609. The van der Waals surface area contributed by atoms with Gasteiger partial charge in [-0.25, -0.2) is 4.98 Å². The van der Waals surface area contributed by atoms with Crippen molar-refractivity contribution in [2.24, 2.45) is 0 Å². The van der Waals surface area contributed by atoms with Crippen LogP contribution in [0.15, 0.2) is 6.07 Å². The van der Waals surface area contributed by atoms with Crippen molar-refractivity contribution in [2.75, 3.05) is 36.5 Å². The molecule has 0 radical (unpaired) electrons. The maximum Gasteiger partial charge on any atom is 0.230 e. The van der Waals surface area contributed by atoms with E-state index in [0.29, 0.717) is 6.61 Å². The smallest absolute Gasteiger partial charge is 0.230 e. The van der Waals surface area contributed by atoms with Crippen molar-refractivity contribution < 1.29 is 4.74 Å². The Labute approximate surface area is 187 Å².